The largest absolute Gasteiger partial charge is 0.444 e. The van der Waals surface area contributed by atoms with Crippen molar-refractivity contribution in [1.82, 2.24) is 9.88 Å². The molecule has 1 aliphatic heterocycles. The van der Waals surface area contributed by atoms with Crippen LogP contribution in [0.2, 0.25) is 0 Å². The predicted octanol–water partition coefficient (Wildman–Crippen LogP) is 0.932. The molecule has 2 rings (SSSR count). The highest BCUT2D eigenvalue weighted by atomic mass is 32.2. The number of nitrogens with one attached hydrogen (secondary N) is 1. The van der Waals surface area contributed by atoms with Gasteiger partial charge in [0.25, 0.3) is 0 Å². The number of aromatic nitrogens is 1. The maximum absolute atomic E-state index is 12.5. The molecule has 0 aliphatic carbocycles. The maximum atomic E-state index is 12.5. The molecule has 10 nitrogen and oxygen atoms in total. The molecule has 0 bridgehead atoms. The molecule has 1 amide bonds. The number of sulfonamides is 2. The van der Waals surface area contributed by atoms with Crippen molar-refractivity contribution in [1.29, 1.82) is 0 Å². The fourth-order valence-corrected chi connectivity index (χ4v) is 5.43. The Balaban J connectivity index is 1.97. The number of piperidine rings is 1. The number of nitrogens with two attached hydrogens (primary N) is 1. The van der Waals surface area contributed by atoms with E-state index in [1.807, 2.05) is 0 Å². The van der Waals surface area contributed by atoms with Gasteiger partial charge >= 0.3 is 6.09 Å². The Morgan fingerprint density at radius 1 is 1.31 bits per heavy atom. The summed E-state index contributed by atoms with van der Waals surface area (Å²) >= 11 is 0.644. The number of hydrogen-bond acceptors (Lipinski definition) is 8. The van der Waals surface area contributed by atoms with E-state index in [9.17, 15) is 21.6 Å². The summed E-state index contributed by atoms with van der Waals surface area (Å²) in [5.74, 6) is 0. The van der Waals surface area contributed by atoms with E-state index in [4.69, 9.17) is 9.88 Å². The van der Waals surface area contributed by atoms with Gasteiger partial charge in [-0.2, -0.15) is 0 Å². The van der Waals surface area contributed by atoms with Crippen LogP contribution in [-0.4, -0.2) is 56.8 Å². The first-order valence-electron chi connectivity index (χ1n) is 7.76. The minimum Gasteiger partial charge on any atom is -0.444 e. The lowest BCUT2D eigenvalue weighted by Gasteiger charge is -2.33. The van der Waals surface area contributed by atoms with Gasteiger partial charge in [0, 0.05) is 13.1 Å². The topological polar surface area (TPSA) is 149 Å². The van der Waals surface area contributed by atoms with E-state index in [1.54, 1.807) is 20.8 Å². The van der Waals surface area contributed by atoms with E-state index in [-0.39, 0.29) is 35.3 Å². The summed E-state index contributed by atoms with van der Waals surface area (Å²) < 4.78 is 54.7. The molecule has 2 heterocycles. The Bertz CT molecular complexity index is 864. The second kappa shape index (κ2) is 7.29. The van der Waals surface area contributed by atoms with Crippen LogP contribution >= 0.6 is 11.3 Å². The number of nitrogens with zero attached hydrogens (tertiary/aromatic N) is 2. The second-order valence-corrected chi connectivity index (χ2v) is 11.6. The molecule has 0 saturated carbocycles. The van der Waals surface area contributed by atoms with Crippen molar-refractivity contribution in [3.63, 3.8) is 0 Å². The number of primary sulfonamides is 1. The van der Waals surface area contributed by atoms with Gasteiger partial charge in [-0.3, -0.25) is 4.72 Å². The Labute approximate surface area is 156 Å². The van der Waals surface area contributed by atoms with Crippen LogP contribution in [0.3, 0.4) is 0 Å². The number of hydrogen-bond donors (Lipinski definition) is 2. The fourth-order valence-electron chi connectivity index (χ4n) is 2.32. The van der Waals surface area contributed by atoms with Crippen molar-refractivity contribution in [2.45, 2.75) is 48.7 Å². The number of ether oxygens (including phenoxy) is 1. The summed E-state index contributed by atoms with van der Waals surface area (Å²) in [5, 5.41) is 4.19. The zero-order valence-electron chi connectivity index (χ0n) is 14.6. The predicted molar refractivity (Wildman–Crippen MR) is 96.9 cm³/mol. The van der Waals surface area contributed by atoms with Crippen molar-refractivity contribution in [3.05, 3.63) is 6.20 Å². The SMILES string of the molecule is CC(C)(C)OC(=O)N1CCC(S(=O)(=O)Nc2ncc(S(N)(=O)=O)s2)CC1. The zero-order valence-corrected chi connectivity index (χ0v) is 17.1. The normalized spacial score (nSPS) is 17.2. The van der Waals surface area contributed by atoms with Crippen molar-refractivity contribution in [2.24, 2.45) is 5.14 Å². The molecular weight excluding hydrogens is 404 g/mol. The first kappa shape index (κ1) is 20.9. The summed E-state index contributed by atoms with van der Waals surface area (Å²) in [7, 11) is -7.70. The minimum absolute atomic E-state index is 0.0661. The van der Waals surface area contributed by atoms with E-state index in [0.717, 1.165) is 6.20 Å². The summed E-state index contributed by atoms with van der Waals surface area (Å²) in [6, 6.07) is 0. The third-order valence-corrected chi connectivity index (χ3v) is 7.80. The summed E-state index contributed by atoms with van der Waals surface area (Å²) in [5.41, 5.74) is -0.618. The summed E-state index contributed by atoms with van der Waals surface area (Å²) in [6.45, 7) is 5.78. The van der Waals surface area contributed by atoms with Gasteiger partial charge in [-0.05, 0) is 33.6 Å². The Kier molecular flexibility index (Phi) is 5.85. The highest BCUT2D eigenvalue weighted by molar-refractivity contribution is 7.93. The average molecular weight is 427 g/mol. The second-order valence-electron chi connectivity index (χ2n) is 6.84. The van der Waals surface area contributed by atoms with Crippen LogP contribution in [-0.2, 0) is 24.8 Å². The molecule has 13 heteroatoms. The van der Waals surface area contributed by atoms with Gasteiger partial charge in [0.15, 0.2) is 9.34 Å². The van der Waals surface area contributed by atoms with Crippen LogP contribution in [0.4, 0.5) is 9.93 Å². The maximum Gasteiger partial charge on any atom is 0.410 e. The van der Waals surface area contributed by atoms with Gasteiger partial charge in [0.1, 0.15) is 5.60 Å². The number of rotatable bonds is 4. The van der Waals surface area contributed by atoms with E-state index < -0.39 is 37.0 Å². The van der Waals surface area contributed by atoms with E-state index in [2.05, 4.69) is 9.71 Å². The molecular formula is C13H22N4O6S3. The number of anilines is 1. The van der Waals surface area contributed by atoms with Gasteiger partial charge in [0.05, 0.1) is 11.4 Å². The van der Waals surface area contributed by atoms with Crippen molar-refractivity contribution >= 4 is 42.6 Å². The third kappa shape index (κ3) is 5.53. The zero-order chi connectivity index (χ0) is 19.8. The van der Waals surface area contributed by atoms with Crippen LogP contribution in [0.1, 0.15) is 33.6 Å². The average Bonchev–Trinajstić information content (AvgIpc) is 2.93. The molecule has 1 aliphatic rings. The number of amides is 1. The van der Waals surface area contributed by atoms with Gasteiger partial charge in [0.2, 0.25) is 20.0 Å². The smallest absolute Gasteiger partial charge is 0.410 e. The molecule has 0 spiro atoms. The number of carbonyl (C=O) groups is 1. The van der Waals surface area contributed by atoms with Gasteiger partial charge < -0.3 is 9.64 Å². The minimum atomic E-state index is -3.93. The quantitative estimate of drug-likeness (QED) is 0.727. The summed E-state index contributed by atoms with van der Waals surface area (Å²) in [6.07, 6.45) is 1.01. The van der Waals surface area contributed by atoms with Gasteiger partial charge in [-0.15, -0.1) is 0 Å². The highest BCUT2D eigenvalue weighted by Crippen LogP contribution is 2.26. The molecule has 3 N–H and O–H groups in total. The van der Waals surface area contributed by atoms with E-state index in [0.29, 0.717) is 11.3 Å². The molecule has 1 aromatic heterocycles. The molecule has 0 unspecified atom stereocenters. The number of likely N-dealkylation sites (tertiary alicyclic amines) is 1. The van der Waals surface area contributed by atoms with Crippen molar-refractivity contribution in [2.75, 3.05) is 17.8 Å². The molecule has 1 saturated heterocycles. The van der Waals surface area contributed by atoms with Crippen LogP contribution in [0, 0.1) is 0 Å². The monoisotopic (exact) mass is 426 g/mol. The van der Waals surface area contributed by atoms with Gasteiger partial charge in [-0.25, -0.2) is 31.8 Å². The van der Waals surface area contributed by atoms with Crippen molar-refractivity contribution < 1.29 is 26.4 Å². The first-order chi connectivity index (χ1) is 11.8. The lowest BCUT2D eigenvalue weighted by Crippen LogP contribution is -2.45. The van der Waals surface area contributed by atoms with Crippen LogP contribution in [0.15, 0.2) is 10.4 Å². The highest BCUT2D eigenvalue weighted by Gasteiger charge is 2.33. The molecule has 0 aromatic carbocycles. The molecule has 148 valence electrons. The summed E-state index contributed by atoms with van der Waals surface area (Å²) in [4.78, 5) is 17.2. The molecule has 0 radical (unpaired) electrons. The number of thiazole rings is 1. The third-order valence-electron chi connectivity index (χ3n) is 3.53. The molecule has 0 atom stereocenters. The van der Waals surface area contributed by atoms with Crippen molar-refractivity contribution in [3.8, 4) is 0 Å². The first-order valence-corrected chi connectivity index (χ1v) is 11.7. The molecule has 1 fully saturated rings. The fraction of sp³-hybridized carbons (Fsp3) is 0.692. The lowest BCUT2D eigenvalue weighted by molar-refractivity contribution is 0.0217. The van der Waals surface area contributed by atoms with Gasteiger partial charge in [-0.1, -0.05) is 11.3 Å². The van der Waals surface area contributed by atoms with Crippen LogP contribution in [0.25, 0.3) is 0 Å². The Morgan fingerprint density at radius 2 is 1.88 bits per heavy atom. The van der Waals surface area contributed by atoms with Crippen LogP contribution < -0.4 is 9.86 Å². The standard InChI is InChI=1S/C13H22N4O6S3/c1-13(2,3)23-12(18)17-6-4-9(5-7-17)26(21,22)16-11-15-8-10(24-11)25(14,19)20/h8-9H,4-7H2,1-3H3,(H,15,16)(H2,14,19,20). The van der Waals surface area contributed by atoms with Crippen LogP contribution in [0.5, 0.6) is 0 Å². The van der Waals surface area contributed by atoms with E-state index in [1.165, 1.54) is 4.90 Å². The molecule has 26 heavy (non-hydrogen) atoms. The molecule has 1 aromatic rings. The Morgan fingerprint density at radius 3 is 2.35 bits per heavy atom. The number of carbonyl (C=O) groups excluding carboxylic acids is 1. The lowest BCUT2D eigenvalue weighted by atomic mass is 10.1. The Hall–Kier alpha value is -1.44. The van der Waals surface area contributed by atoms with E-state index >= 15 is 0 Å².